The van der Waals surface area contributed by atoms with Crippen molar-refractivity contribution in [2.45, 2.75) is 18.1 Å². The van der Waals surface area contributed by atoms with E-state index in [1.165, 1.54) is 0 Å². The predicted molar refractivity (Wildman–Crippen MR) is 59.9 cm³/mol. The number of rotatable bonds is 3. The SMILES string of the molecule is O=S(=O)(O)Cc1ccccc1C1CCOC1. The summed E-state index contributed by atoms with van der Waals surface area (Å²) in [6.07, 6.45) is 0.905. The highest BCUT2D eigenvalue weighted by atomic mass is 32.2. The minimum atomic E-state index is -3.97. The Kier molecular flexibility index (Phi) is 3.28. The van der Waals surface area contributed by atoms with Gasteiger partial charge in [0.2, 0.25) is 0 Å². The summed E-state index contributed by atoms with van der Waals surface area (Å²) in [7, 11) is -3.97. The second-order valence-corrected chi connectivity index (χ2v) is 5.44. The lowest BCUT2D eigenvalue weighted by atomic mass is 9.94. The first-order chi connectivity index (χ1) is 7.56. The first-order valence-corrected chi connectivity index (χ1v) is 6.78. The molecule has 0 saturated carbocycles. The molecule has 0 aromatic heterocycles. The van der Waals surface area contributed by atoms with E-state index in [-0.39, 0.29) is 11.7 Å². The molecule has 1 saturated heterocycles. The lowest BCUT2D eigenvalue weighted by Crippen LogP contribution is -2.07. The quantitative estimate of drug-likeness (QED) is 0.817. The molecule has 1 heterocycles. The van der Waals surface area contributed by atoms with Gasteiger partial charge in [-0.3, -0.25) is 4.55 Å². The van der Waals surface area contributed by atoms with E-state index >= 15 is 0 Å². The van der Waals surface area contributed by atoms with E-state index < -0.39 is 10.1 Å². The minimum absolute atomic E-state index is 0.248. The molecular formula is C11H14O4S. The molecular weight excluding hydrogens is 228 g/mol. The van der Waals surface area contributed by atoms with E-state index in [0.29, 0.717) is 18.8 Å². The number of hydrogen-bond acceptors (Lipinski definition) is 3. The van der Waals surface area contributed by atoms with Gasteiger partial charge in [-0.1, -0.05) is 24.3 Å². The Labute approximate surface area is 95.0 Å². The van der Waals surface area contributed by atoms with Crippen molar-refractivity contribution in [1.29, 1.82) is 0 Å². The molecule has 1 aliphatic rings. The third kappa shape index (κ3) is 2.81. The van der Waals surface area contributed by atoms with Gasteiger partial charge in [-0.2, -0.15) is 8.42 Å². The number of ether oxygens (including phenoxy) is 1. The minimum Gasteiger partial charge on any atom is -0.381 e. The van der Waals surface area contributed by atoms with Crippen molar-refractivity contribution < 1.29 is 17.7 Å². The summed E-state index contributed by atoms with van der Waals surface area (Å²) in [6.45, 7) is 1.34. The van der Waals surface area contributed by atoms with Crippen LogP contribution in [0.25, 0.3) is 0 Å². The summed E-state index contributed by atoms with van der Waals surface area (Å²) < 4.78 is 35.9. The van der Waals surface area contributed by atoms with Crippen molar-refractivity contribution in [2.24, 2.45) is 0 Å². The number of benzene rings is 1. The van der Waals surface area contributed by atoms with Crippen LogP contribution in [0, 0.1) is 0 Å². The Morgan fingerprint density at radius 1 is 1.38 bits per heavy atom. The van der Waals surface area contributed by atoms with Gasteiger partial charge in [0, 0.05) is 12.5 Å². The molecule has 1 aromatic carbocycles. The zero-order valence-corrected chi connectivity index (χ0v) is 9.61. The molecule has 1 atom stereocenters. The molecule has 2 rings (SSSR count). The molecule has 1 aliphatic heterocycles. The molecule has 4 nitrogen and oxygen atoms in total. The van der Waals surface area contributed by atoms with E-state index in [1.807, 2.05) is 12.1 Å². The van der Waals surface area contributed by atoms with Crippen LogP contribution in [0.1, 0.15) is 23.5 Å². The summed E-state index contributed by atoms with van der Waals surface area (Å²) in [5.41, 5.74) is 1.64. The number of hydrogen-bond donors (Lipinski definition) is 1. The second kappa shape index (κ2) is 4.53. The molecule has 0 bridgehead atoms. The van der Waals surface area contributed by atoms with E-state index in [2.05, 4.69) is 0 Å². The molecule has 0 radical (unpaired) electrons. The van der Waals surface area contributed by atoms with Gasteiger partial charge >= 0.3 is 0 Å². The maximum Gasteiger partial charge on any atom is 0.269 e. The van der Waals surface area contributed by atoms with Crippen molar-refractivity contribution in [2.75, 3.05) is 13.2 Å². The fourth-order valence-electron chi connectivity index (χ4n) is 2.04. The van der Waals surface area contributed by atoms with E-state index in [9.17, 15) is 8.42 Å². The van der Waals surface area contributed by atoms with Crippen LogP contribution in [0.2, 0.25) is 0 Å². The fourth-order valence-corrected chi connectivity index (χ4v) is 2.70. The van der Waals surface area contributed by atoms with Gasteiger partial charge in [0.15, 0.2) is 0 Å². The molecule has 16 heavy (non-hydrogen) atoms. The monoisotopic (exact) mass is 242 g/mol. The molecule has 1 unspecified atom stereocenters. The van der Waals surface area contributed by atoms with Gasteiger partial charge < -0.3 is 4.74 Å². The molecule has 88 valence electrons. The van der Waals surface area contributed by atoms with Crippen molar-refractivity contribution >= 4 is 10.1 Å². The standard InChI is InChI=1S/C11H14O4S/c12-16(13,14)8-10-3-1-2-4-11(10)9-5-6-15-7-9/h1-4,9H,5-8H2,(H,12,13,14). The predicted octanol–water partition coefficient (Wildman–Crippen LogP) is 1.58. The van der Waals surface area contributed by atoms with Gasteiger partial charge in [0.05, 0.1) is 6.61 Å². The molecule has 0 spiro atoms. The zero-order chi connectivity index (χ0) is 11.6. The maximum atomic E-state index is 10.9. The van der Waals surface area contributed by atoms with Gasteiger partial charge in [-0.05, 0) is 17.5 Å². The van der Waals surface area contributed by atoms with Crippen molar-refractivity contribution in [3.8, 4) is 0 Å². The van der Waals surface area contributed by atoms with Crippen LogP contribution in [0.15, 0.2) is 24.3 Å². The Balaban J connectivity index is 2.30. The Morgan fingerprint density at radius 2 is 2.12 bits per heavy atom. The third-order valence-corrected chi connectivity index (χ3v) is 3.44. The van der Waals surface area contributed by atoms with Crippen LogP contribution >= 0.6 is 0 Å². The molecule has 0 amide bonds. The van der Waals surface area contributed by atoms with E-state index in [0.717, 1.165) is 12.0 Å². The van der Waals surface area contributed by atoms with Crippen LogP contribution < -0.4 is 0 Å². The van der Waals surface area contributed by atoms with Crippen molar-refractivity contribution in [3.05, 3.63) is 35.4 Å². The maximum absolute atomic E-state index is 10.9. The summed E-state index contributed by atoms with van der Waals surface area (Å²) in [5, 5.41) is 0. The molecule has 5 heteroatoms. The van der Waals surface area contributed by atoms with Crippen LogP contribution in [-0.4, -0.2) is 26.2 Å². The summed E-state index contributed by atoms with van der Waals surface area (Å²) in [6, 6.07) is 7.29. The van der Waals surface area contributed by atoms with Crippen LogP contribution in [0.5, 0.6) is 0 Å². The van der Waals surface area contributed by atoms with Gasteiger partial charge in [-0.25, -0.2) is 0 Å². The first kappa shape index (κ1) is 11.6. The average molecular weight is 242 g/mol. The highest BCUT2D eigenvalue weighted by Crippen LogP contribution is 2.28. The molecule has 1 aromatic rings. The Hall–Kier alpha value is -0.910. The molecule has 0 aliphatic carbocycles. The van der Waals surface area contributed by atoms with E-state index in [4.69, 9.17) is 9.29 Å². The van der Waals surface area contributed by atoms with Gasteiger partial charge in [-0.15, -0.1) is 0 Å². The third-order valence-electron chi connectivity index (χ3n) is 2.76. The van der Waals surface area contributed by atoms with E-state index in [1.54, 1.807) is 12.1 Å². The lowest BCUT2D eigenvalue weighted by molar-refractivity contribution is 0.194. The highest BCUT2D eigenvalue weighted by Gasteiger charge is 2.21. The molecule has 1 fully saturated rings. The van der Waals surface area contributed by atoms with Crippen molar-refractivity contribution in [1.82, 2.24) is 0 Å². The Morgan fingerprint density at radius 3 is 2.75 bits per heavy atom. The summed E-state index contributed by atoms with van der Waals surface area (Å²) in [4.78, 5) is 0. The summed E-state index contributed by atoms with van der Waals surface area (Å²) >= 11 is 0. The largest absolute Gasteiger partial charge is 0.381 e. The van der Waals surface area contributed by atoms with Gasteiger partial charge in [0.25, 0.3) is 10.1 Å². The lowest BCUT2D eigenvalue weighted by Gasteiger charge is -2.12. The van der Waals surface area contributed by atoms with Crippen molar-refractivity contribution in [3.63, 3.8) is 0 Å². The topological polar surface area (TPSA) is 63.6 Å². The zero-order valence-electron chi connectivity index (χ0n) is 8.80. The smallest absolute Gasteiger partial charge is 0.269 e. The summed E-state index contributed by atoms with van der Waals surface area (Å²) in [5.74, 6) is -0.0717. The van der Waals surface area contributed by atoms with Gasteiger partial charge in [0.1, 0.15) is 5.75 Å². The highest BCUT2D eigenvalue weighted by molar-refractivity contribution is 7.85. The second-order valence-electron chi connectivity index (χ2n) is 3.99. The fraction of sp³-hybridized carbons (Fsp3) is 0.455. The van der Waals surface area contributed by atoms with Crippen LogP contribution in [0.3, 0.4) is 0 Å². The van der Waals surface area contributed by atoms with Crippen LogP contribution in [-0.2, 0) is 20.6 Å². The molecule has 1 N–H and O–H groups in total. The normalized spacial score (nSPS) is 21.2. The average Bonchev–Trinajstić information content (AvgIpc) is 2.69. The van der Waals surface area contributed by atoms with Crippen LogP contribution in [0.4, 0.5) is 0 Å². The first-order valence-electron chi connectivity index (χ1n) is 5.17. The Bertz CT molecular complexity index is 461.